The Balaban J connectivity index is 2.69. The van der Waals surface area contributed by atoms with Gasteiger partial charge in [0.1, 0.15) is 5.82 Å². The van der Waals surface area contributed by atoms with Gasteiger partial charge in [0.2, 0.25) is 10.0 Å². The van der Waals surface area contributed by atoms with Crippen LogP contribution in [-0.4, -0.2) is 51.1 Å². The van der Waals surface area contributed by atoms with Gasteiger partial charge in [-0.25, -0.2) is 17.1 Å². The monoisotopic (exact) mass is 412 g/mol. The fourth-order valence-corrected chi connectivity index (χ4v) is 3.82. The van der Waals surface area contributed by atoms with Crippen LogP contribution < -0.4 is 10.6 Å². The predicted molar refractivity (Wildman–Crippen MR) is 96.3 cm³/mol. The van der Waals surface area contributed by atoms with Crippen molar-refractivity contribution < 1.29 is 26.0 Å². The van der Waals surface area contributed by atoms with E-state index in [1.165, 1.54) is 11.4 Å². The van der Waals surface area contributed by atoms with Crippen molar-refractivity contribution in [3.05, 3.63) is 35.1 Å². The Bertz CT molecular complexity index is 747. The van der Waals surface area contributed by atoms with Gasteiger partial charge in [-0.2, -0.15) is 13.2 Å². The van der Waals surface area contributed by atoms with E-state index in [9.17, 15) is 26.0 Å². The number of halogens is 4. The Morgan fingerprint density at radius 1 is 1.19 bits per heavy atom. The molecule has 27 heavy (non-hydrogen) atoms. The summed E-state index contributed by atoms with van der Waals surface area (Å²) in [6.07, 6.45) is -4.69. The lowest BCUT2D eigenvalue weighted by Crippen LogP contribution is -2.42. The van der Waals surface area contributed by atoms with E-state index >= 15 is 0 Å². The van der Waals surface area contributed by atoms with Crippen molar-refractivity contribution in [1.29, 1.82) is 0 Å². The highest BCUT2D eigenvalue weighted by Gasteiger charge is 2.33. The van der Waals surface area contributed by atoms with E-state index in [1.54, 1.807) is 13.8 Å². The van der Waals surface area contributed by atoms with E-state index in [0.29, 0.717) is 19.2 Å². The summed E-state index contributed by atoms with van der Waals surface area (Å²) >= 11 is 0. The minimum absolute atomic E-state index is 0.0358. The molecule has 0 aliphatic heterocycles. The molecule has 1 aromatic carbocycles. The Kier molecular flexibility index (Phi) is 8.48. The smallest absolute Gasteiger partial charge is 0.355 e. The summed E-state index contributed by atoms with van der Waals surface area (Å²) in [5.74, 6) is -1.02. The van der Waals surface area contributed by atoms with Gasteiger partial charge in [0.15, 0.2) is 5.96 Å². The third-order valence-electron chi connectivity index (χ3n) is 3.80. The molecule has 2 N–H and O–H groups in total. The van der Waals surface area contributed by atoms with Crippen molar-refractivity contribution in [3.63, 3.8) is 0 Å². The van der Waals surface area contributed by atoms with Crippen LogP contribution in [0.1, 0.15) is 25.0 Å². The molecular weight excluding hydrogens is 388 g/mol. The lowest BCUT2D eigenvalue weighted by molar-refractivity contribution is -0.138. The topological polar surface area (TPSA) is 73.8 Å². The quantitative estimate of drug-likeness (QED) is 0.390. The van der Waals surface area contributed by atoms with Crippen LogP contribution in [0, 0.1) is 5.82 Å². The number of hydrogen-bond donors (Lipinski definition) is 2. The van der Waals surface area contributed by atoms with Crippen LogP contribution in [0.15, 0.2) is 23.2 Å². The minimum Gasteiger partial charge on any atom is -0.355 e. The highest BCUT2D eigenvalue weighted by molar-refractivity contribution is 7.89. The van der Waals surface area contributed by atoms with Gasteiger partial charge in [-0.1, -0.05) is 19.9 Å². The summed E-state index contributed by atoms with van der Waals surface area (Å²) in [5.41, 5.74) is -1.22. The maximum absolute atomic E-state index is 13.1. The standard InChI is InChI=1S/C16H24F4N4O2S/c1-4-24(5-2)27(25,26)9-8-22-15(21-3)23-11-12-6-7-13(17)10-14(12)16(18,19)20/h6-7,10H,4-5,8-9,11H2,1-3H3,(H2,21,22,23). The van der Waals surface area contributed by atoms with Crippen LogP contribution >= 0.6 is 0 Å². The van der Waals surface area contributed by atoms with E-state index in [2.05, 4.69) is 15.6 Å². The number of sulfonamides is 1. The summed E-state index contributed by atoms with van der Waals surface area (Å²) in [5, 5.41) is 5.42. The second-order valence-corrected chi connectivity index (χ2v) is 7.64. The Morgan fingerprint density at radius 2 is 1.81 bits per heavy atom. The van der Waals surface area contributed by atoms with Gasteiger partial charge < -0.3 is 10.6 Å². The molecule has 0 atom stereocenters. The molecule has 1 rings (SSSR count). The molecule has 0 aromatic heterocycles. The fraction of sp³-hybridized carbons (Fsp3) is 0.562. The van der Waals surface area contributed by atoms with Crippen molar-refractivity contribution in [2.45, 2.75) is 26.6 Å². The number of rotatable bonds is 8. The van der Waals surface area contributed by atoms with Crippen molar-refractivity contribution in [3.8, 4) is 0 Å². The highest BCUT2D eigenvalue weighted by Crippen LogP contribution is 2.32. The van der Waals surface area contributed by atoms with Gasteiger partial charge >= 0.3 is 6.18 Å². The number of benzene rings is 1. The molecule has 6 nitrogen and oxygen atoms in total. The molecule has 0 bridgehead atoms. The van der Waals surface area contributed by atoms with Gasteiger partial charge in [-0.3, -0.25) is 4.99 Å². The summed E-state index contributed by atoms with van der Waals surface area (Å²) in [6.45, 7) is 3.96. The van der Waals surface area contributed by atoms with Crippen LogP contribution in [0.4, 0.5) is 17.6 Å². The molecule has 154 valence electrons. The zero-order valence-electron chi connectivity index (χ0n) is 15.4. The molecule has 0 amide bonds. The van der Waals surface area contributed by atoms with Gasteiger partial charge in [0.05, 0.1) is 11.3 Å². The zero-order chi connectivity index (χ0) is 20.7. The number of nitrogens with zero attached hydrogens (tertiary/aromatic N) is 2. The average Bonchev–Trinajstić information content (AvgIpc) is 2.58. The van der Waals surface area contributed by atoms with Crippen molar-refractivity contribution in [2.75, 3.05) is 32.4 Å². The molecule has 0 aliphatic rings. The summed E-state index contributed by atoms with van der Waals surface area (Å²) < 4.78 is 77.6. The molecule has 0 saturated carbocycles. The molecular formula is C16H24F4N4O2S. The molecule has 0 saturated heterocycles. The van der Waals surface area contributed by atoms with Crippen LogP contribution in [-0.2, 0) is 22.7 Å². The van der Waals surface area contributed by atoms with E-state index < -0.39 is 27.6 Å². The lowest BCUT2D eigenvalue weighted by Gasteiger charge is -2.19. The SMILES string of the molecule is CCN(CC)S(=O)(=O)CCNC(=NC)NCc1ccc(F)cc1C(F)(F)F. The number of aliphatic imine (C=N–C) groups is 1. The minimum atomic E-state index is -4.69. The molecule has 11 heteroatoms. The van der Waals surface area contributed by atoms with Crippen molar-refractivity contribution >= 4 is 16.0 Å². The first-order valence-electron chi connectivity index (χ1n) is 8.33. The normalized spacial score (nSPS) is 13.1. The highest BCUT2D eigenvalue weighted by atomic mass is 32.2. The first kappa shape index (κ1) is 23.2. The lowest BCUT2D eigenvalue weighted by atomic mass is 10.1. The maximum atomic E-state index is 13.1. The van der Waals surface area contributed by atoms with Crippen LogP contribution in [0.3, 0.4) is 0 Å². The van der Waals surface area contributed by atoms with Crippen LogP contribution in [0.2, 0.25) is 0 Å². The zero-order valence-corrected chi connectivity index (χ0v) is 16.2. The molecule has 0 spiro atoms. The largest absolute Gasteiger partial charge is 0.416 e. The molecule has 1 aromatic rings. The van der Waals surface area contributed by atoms with E-state index in [0.717, 1.165) is 12.1 Å². The van der Waals surface area contributed by atoms with Gasteiger partial charge in [-0.15, -0.1) is 0 Å². The molecule has 0 fully saturated rings. The molecule has 0 radical (unpaired) electrons. The Morgan fingerprint density at radius 3 is 2.33 bits per heavy atom. The van der Waals surface area contributed by atoms with Crippen LogP contribution in [0.25, 0.3) is 0 Å². The summed E-state index contributed by atoms with van der Waals surface area (Å²) in [4.78, 5) is 3.85. The summed E-state index contributed by atoms with van der Waals surface area (Å²) in [6, 6.07) is 2.42. The first-order valence-corrected chi connectivity index (χ1v) is 9.94. The number of guanidine groups is 1. The Labute approximate surface area is 156 Å². The fourth-order valence-electron chi connectivity index (χ4n) is 2.41. The van der Waals surface area contributed by atoms with E-state index in [1.807, 2.05) is 0 Å². The van der Waals surface area contributed by atoms with Gasteiger partial charge in [0.25, 0.3) is 0 Å². The summed E-state index contributed by atoms with van der Waals surface area (Å²) in [7, 11) is -2.02. The first-order chi connectivity index (χ1) is 12.5. The van der Waals surface area contributed by atoms with E-state index in [4.69, 9.17) is 0 Å². The number of alkyl halides is 3. The number of nitrogens with one attached hydrogen (secondary N) is 2. The average molecular weight is 412 g/mol. The molecule has 0 aliphatic carbocycles. The maximum Gasteiger partial charge on any atom is 0.416 e. The third-order valence-corrected chi connectivity index (χ3v) is 5.82. The van der Waals surface area contributed by atoms with Crippen molar-refractivity contribution in [1.82, 2.24) is 14.9 Å². The second-order valence-electron chi connectivity index (χ2n) is 5.55. The van der Waals surface area contributed by atoms with Crippen LogP contribution in [0.5, 0.6) is 0 Å². The van der Waals surface area contributed by atoms with Crippen molar-refractivity contribution in [2.24, 2.45) is 4.99 Å². The third kappa shape index (κ3) is 6.98. The molecule has 0 heterocycles. The van der Waals surface area contributed by atoms with E-state index in [-0.39, 0.29) is 30.4 Å². The molecule has 0 unspecified atom stereocenters. The van der Waals surface area contributed by atoms with Gasteiger partial charge in [-0.05, 0) is 17.7 Å². The Hall–Kier alpha value is -1.88. The predicted octanol–water partition coefficient (Wildman–Crippen LogP) is 2.18. The van der Waals surface area contributed by atoms with Gasteiger partial charge in [0, 0.05) is 33.2 Å². The number of hydrogen-bond acceptors (Lipinski definition) is 3. The second kappa shape index (κ2) is 9.88.